The molecule has 0 saturated carbocycles. The van der Waals surface area contributed by atoms with Crippen LogP contribution in [0.15, 0.2) is 88.3 Å². The molecule has 0 aromatic heterocycles. The van der Waals surface area contributed by atoms with Gasteiger partial charge in [0.1, 0.15) is 16.3 Å². The highest BCUT2D eigenvalue weighted by Crippen LogP contribution is 2.42. The summed E-state index contributed by atoms with van der Waals surface area (Å²) in [6, 6.07) is 9.49. The molecule has 10 heteroatoms. The van der Waals surface area contributed by atoms with Crippen LogP contribution in [-0.4, -0.2) is 25.2 Å². The van der Waals surface area contributed by atoms with E-state index >= 15 is 0 Å². The monoisotopic (exact) mass is 494 g/mol. The average Bonchev–Trinajstić information content (AvgIpc) is 2.79. The van der Waals surface area contributed by atoms with E-state index in [2.05, 4.69) is 28.7 Å². The van der Waals surface area contributed by atoms with Gasteiger partial charge in [-0.15, -0.1) is 5.11 Å². The number of fused-ring (bicyclic) bond motifs is 1. The summed E-state index contributed by atoms with van der Waals surface area (Å²) < 4.78 is 39.1. The predicted octanol–water partition coefficient (Wildman–Crippen LogP) is 6.05. The van der Waals surface area contributed by atoms with Crippen molar-refractivity contribution in [2.24, 2.45) is 10.2 Å². The van der Waals surface area contributed by atoms with Gasteiger partial charge >= 0.3 is 0 Å². The number of aryl methyl sites for hydroxylation is 2. The average molecular weight is 495 g/mol. The van der Waals surface area contributed by atoms with Crippen LogP contribution in [0, 0.1) is 13.8 Å². The van der Waals surface area contributed by atoms with Gasteiger partial charge in [0.15, 0.2) is 5.75 Å². The minimum absolute atomic E-state index is 0.316. The summed E-state index contributed by atoms with van der Waals surface area (Å²) in [5.41, 5.74) is 9.11. The zero-order chi connectivity index (χ0) is 25.9. The minimum atomic E-state index is -4.74. The van der Waals surface area contributed by atoms with Crippen LogP contribution >= 0.6 is 0 Å². The Morgan fingerprint density at radius 3 is 2.46 bits per heavy atom. The first-order valence-electron chi connectivity index (χ1n) is 10.3. The van der Waals surface area contributed by atoms with Crippen molar-refractivity contribution < 1.29 is 22.8 Å². The van der Waals surface area contributed by atoms with Crippen LogP contribution in [0.4, 0.5) is 22.7 Å². The zero-order valence-corrected chi connectivity index (χ0v) is 20.3. The first-order chi connectivity index (χ1) is 16.4. The Bertz CT molecular complexity index is 1510. The number of ether oxygens (including phenoxy) is 1. The standard InChI is InChI=1S/C25H26N4O5S/c1-14-11-22(15(2)10-21(14)26)28-29-24-23(35(31,32)33)13-18-12-19(8-9-20(18)25(24)30)27-16(3)6-7-17(4)34-5/h6-13,27,30H,3-4,26H2,1-2,5H3,(H,31,32,33)/b7-6-,29-28?. The van der Waals surface area contributed by atoms with E-state index in [9.17, 15) is 18.1 Å². The first-order valence-corrected chi connectivity index (χ1v) is 11.8. The molecule has 0 amide bonds. The van der Waals surface area contributed by atoms with Gasteiger partial charge in [-0.3, -0.25) is 4.55 Å². The third-order valence-electron chi connectivity index (χ3n) is 5.21. The maximum Gasteiger partial charge on any atom is 0.296 e. The number of rotatable bonds is 8. The number of aromatic hydroxyl groups is 1. The summed E-state index contributed by atoms with van der Waals surface area (Å²) >= 11 is 0. The summed E-state index contributed by atoms with van der Waals surface area (Å²) in [5, 5.41) is 22.7. The normalized spacial score (nSPS) is 11.9. The Balaban J connectivity index is 2.07. The van der Waals surface area contributed by atoms with E-state index < -0.39 is 20.8 Å². The van der Waals surface area contributed by atoms with Gasteiger partial charge in [-0.05, 0) is 78.9 Å². The molecule has 0 bridgehead atoms. The third kappa shape index (κ3) is 5.86. The van der Waals surface area contributed by atoms with Crippen molar-refractivity contribution in [3.63, 3.8) is 0 Å². The van der Waals surface area contributed by atoms with E-state index in [0.717, 1.165) is 5.56 Å². The second-order valence-corrected chi connectivity index (χ2v) is 9.22. The molecular weight excluding hydrogens is 468 g/mol. The highest BCUT2D eigenvalue weighted by molar-refractivity contribution is 7.86. The molecule has 0 radical (unpaired) electrons. The number of phenols is 1. The molecule has 0 fully saturated rings. The Hall–Kier alpha value is -4.15. The number of benzene rings is 3. The number of nitrogens with two attached hydrogens (primary N) is 1. The van der Waals surface area contributed by atoms with Crippen LogP contribution in [0.3, 0.4) is 0 Å². The molecule has 3 aromatic carbocycles. The van der Waals surface area contributed by atoms with Crippen LogP contribution < -0.4 is 11.1 Å². The van der Waals surface area contributed by atoms with Crippen LogP contribution in [0.25, 0.3) is 10.8 Å². The maximum atomic E-state index is 12.1. The molecule has 0 aliphatic carbocycles. The Morgan fingerprint density at radius 2 is 1.80 bits per heavy atom. The molecule has 0 aliphatic rings. The van der Waals surface area contributed by atoms with Crippen molar-refractivity contribution in [1.29, 1.82) is 0 Å². The second kappa shape index (κ2) is 10.00. The quantitative estimate of drug-likeness (QED) is 0.0980. The van der Waals surface area contributed by atoms with Crippen LogP contribution in [0.1, 0.15) is 11.1 Å². The number of nitrogen functional groups attached to an aromatic ring is 1. The fourth-order valence-electron chi connectivity index (χ4n) is 3.25. The lowest BCUT2D eigenvalue weighted by molar-refractivity contribution is 0.309. The Labute approximate surface area is 203 Å². The van der Waals surface area contributed by atoms with Crippen molar-refractivity contribution in [3.05, 3.63) is 84.3 Å². The van der Waals surface area contributed by atoms with Gasteiger partial charge in [0.05, 0.1) is 12.8 Å². The molecule has 5 N–H and O–H groups in total. The number of phenolic OH excluding ortho intramolecular Hbond substituents is 1. The van der Waals surface area contributed by atoms with Gasteiger partial charge in [0.25, 0.3) is 10.1 Å². The molecule has 0 aliphatic heterocycles. The molecular formula is C25H26N4O5S. The molecule has 0 saturated heterocycles. The fourth-order valence-corrected chi connectivity index (χ4v) is 3.90. The van der Waals surface area contributed by atoms with E-state index in [-0.39, 0.29) is 5.69 Å². The largest absolute Gasteiger partial charge is 0.505 e. The second-order valence-electron chi connectivity index (χ2n) is 7.83. The van der Waals surface area contributed by atoms with E-state index in [1.54, 1.807) is 56.3 Å². The molecule has 0 heterocycles. The topological polar surface area (TPSA) is 147 Å². The molecule has 0 unspecified atom stereocenters. The summed E-state index contributed by atoms with van der Waals surface area (Å²) in [6.07, 6.45) is 3.28. The lowest BCUT2D eigenvalue weighted by atomic mass is 10.1. The van der Waals surface area contributed by atoms with Crippen molar-refractivity contribution in [2.75, 3.05) is 18.2 Å². The number of methoxy groups -OCH3 is 1. The Kier molecular flexibility index (Phi) is 7.28. The highest BCUT2D eigenvalue weighted by Gasteiger charge is 2.22. The van der Waals surface area contributed by atoms with E-state index in [1.807, 2.05) is 0 Å². The number of nitrogens with one attached hydrogen (secondary N) is 1. The third-order valence-corrected chi connectivity index (χ3v) is 6.08. The number of hydrogen-bond donors (Lipinski definition) is 4. The maximum absolute atomic E-state index is 12.1. The van der Waals surface area contributed by atoms with Gasteiger partial charge in [-0.1, -0.05) is 13.2 Å². The molecule has 3 aromatic rings. The van der Waals surface area contributed by atoms with Gasteiger partial charge in [0.2, 0.25) is 0 Å². The number of allylic oxidation sites excluding steroid dienone is 2. The van der Waals surface area contributed by atoms with Gasteiger partial charge in [0, 0.05) is 22.5 Å². The summed E-state index contributed by atoms with van der Waals surface area (Å²) in [7, 11) is -3.24. The number of anilines is 2. The number of hydrogen-bond acceptors (Lipinski definition) is 8. The van der Waals surface area contributed by atoms with Gasteiger partial charge in [-0.2, -0.15) is 13.5 Å². The van der Waals surface area contributed by atoms with Crippen molar-refractivity contribution in [3.8, 4) is 5.75 Å². The fraction of sp³-hybridized carbons (Fsp3) is 0.120. The summed E-state index contributed by atoms with van der Waals surface area (Å²) in [5.74, 6) is 0.00515. The van der Waals surface area contributed by atoms with Crippen molar-refractivity contribution in [1.82, 2.24) is 0 Å². The lowest BCUT2D eigenvalue weighted by Gasteiger charge is -2.12. The zero-order valence-electron chi connectivity index (χ0n) is 19.5. The van der Waals surface area contributed by atoms with Gasteiger partial charge in [-0.25, -0.2) is 0 Å². The van der Waals surface area contributed by atoms with Crippen molar-refractivity contribution in [2.45, 2.75) is 18.7 Å². The predicted molar refractivity (Wildman–Crippen MR) is 138 cm³/mol. The molecule has 182 valence electrons. The highest BCUT2D eigenvalue weighted by atomic mass is 32.2. The SMILES string of the molecule is C=C(/C=C\C(=C)OC)Nc1ccc2c(O)c(N=Nc3cc(C)c(N)cc3C)c(S(=O)(=O)O)cc2c1. The minimum Gasteiger partial charge on any atom is -0.505 e. The number of nitrogens with zero attached hydrogens (tertiary/aromatic N) is 2. The molecule has 0 atom stereocenters. The molecule has 3 rings (SSSR count). The molecule has 35 heavy (non-hydrogen) atoms. The van der Waals surface area contributed by atoms with Crippen LogP contribution in [0.5, 0.6) is 5.75 Å². The first kappa shape index (κ1) is 25.5. The summed E-state index contributed by atoms with van der Waals surface area (Å²) in [6.45, 7) is 11.1. The molecule has 9 nitrogen and oxygen atoms in total. The van der Waals surface area contributed by atoms with Crippen LogP contribution in [0.2, 0.25) is 0 Å². The lowest BCUT2D eigenvalue weighted by Crippen LogP contribution is -2.00. The van der Waals surface area contributed by atoms with Crippen molar-refractivity contribution >= 4 is 43.6 Å². The van der Waals surface area contributed by atoms with Gasteiger partial charge < -0.3 is 20.9 Å². The van der Waals surface area contributed by atoms with E-state index in [1.165, 1.54) is 13.2 Å². The summed E-state index contributed by atoms with van der Waals surface area (Å²) in [4.78, 5) is -0.580. The van der Waals surface area contributed by atoms with E-state index in [4.69, 9.17) is 10.5 Å². The van der Waals surface area contributed by atoms with Crippen LogP contribution in [-0.2, 0) is 14.9 Å². The Morgan fingerprint density at radius 1 is 1.09 bits per heavy atom. The van der Waals surface area contributed by atoms with E-state index in [0.29, 0.717) is 44.9 Å². The number of azo groups is 1. The smallest absolute Gasteiger partial charge is 0.296 e. The molecule has 0 spiro atoms.